The molecule has 0 saturated carbocycles. The van der Waals surface area contributed by atoms with Crippen molar-refractivity contribution in [2.75, 3.05) is 0 Å². The number of nitrogens with two attached hydrogens (primary N) is 1. The Kier molecular flexibility index (Phi) is 2.41. The molecule has 0 saturated heterocycles. The lowest BCUT2D eigenvalue weighted by Gasteiger charge is -2.04. The van der Waals surface area contributed by atoms with Crippen molar-refractivity contribution in [1.29, 1.82) is 0 Å². The average Bonchev–Trinajstić information content (AvgIpc) is 2.17. The first-order valence-corrected chi connectivity index (χ1v) is 4.72. The minimum Gasteiger partial charge on any atom is -0.328 e. The number of benzene rings is 1. The number of hydrogen-bond acceptors (Lipinski definition) is 3. The summed E-state index contributed by atoms with van der Waals surface area (Å²) < 4.78 is 0. The van der Waals surface area contributed by atoms with Crippen LogP contribution in [-0.2, 0) is 6.42 Å². The van der Waals surface area contributed by atoms with Gasteiger partial charge < -0.3 is 5.73 Å². The third-order valence-electron chi connectivity index (χ3n) is 2.03. The maximum atomic E-state index is 5.70. The zero-order chi connectivity index (χ0) is 9.97. The SMILES string of the molecule is CC(N)Cc1cnc2ccccc2n1. The average molecular weight is 187 g/mol. The third-order valence-corrected chi connectivity index (χ3v) is 2.03. The van der Waals surface area contributed by atoms with E-state index in [0.29, 0.717) is 0 Å². The number of rotatable bonds is 2. The Morgan fingerprint density at radius 1 is 1.29 bits per heavy atom. The lowest BCUT2D eigenvalue weighted by molar-refractivity contribution is 0.722. The van der Waals surface area contributed by atoms with Crippen LogP contribution in [0.1, 0.15) is 12.6 Å². The van der Waals surface area contributed by atoms with Gasteiger partial charge in [-0.3, -0.25) is 4.98 Å². The van der Waals surface area contributed by atoms with Crippen LogP contribution >= 0.6 is 0 Å². The Hall–Kier alpha value is -1.48. The van der Waals surface area contributed by atoms with Crippen molar-refractivity contribution >= 4 is 11.0 Å². The Bertz CT molecular complexity index is 437. The van der Waals surface area contributed by atoms with E-state index in [-0.39, 0.29) is 6.04 Å². The van der Waals surface area contributed by atoms with Gasteiger partial charge in [-0.2, -0.15) is 0 Å². The van der Waals surface area contributed by atoms with Crippen molar-refractivity contribution < 1.29 is 0 Å². The van der Waals surface area contributed by atoms with Gasteiger partial charge in [0.2, 0.25) is 0 Å². The summed E-state index contributed by atoms with van der Waals surface area (Å²) in [6.07, 6.45) is 2.57. The fourth-order valence-corrected chi connectivity index (χ4v) is 1.42. The van der Waals surface area contributed by atoms with E-state index in [1.807, 2.05) is 31.2 Å². The van der Waals surface area contributed by atoms with E-state index in [1.165, 1.54) is 0 Å². The van der Waals surface area contributed by atoms with Crippen molar-refractivity contribution in [3.63, 3.8) is 0 Å². The molecule has 1 aromatic heterocycles. The number of nitrogens with zero attached hydrogens (tertiary/aromatic N) is 2. The Morgan fingerprint density at radius 2 is 2.00 bits per heavy atom. The molecule has 3 heteroatoms. The highest BCUT2D eigenvalue weighted by Gasteiger charge is 2.01. The van der Waals surface area contributed by atoms with Crippen LogP contribution in [0.2, 0.25) is 0 Å². The van der Waals surface area contributed by atoms with Crippen LogP contribution in [0.4, 0.5) is 0 Å². The zero-order valence-corrected chi connectivity index (χ0v) is 8.14. The van der Waals surface area contributed by atoms with Crippen LogP contribution in [0, 0.1) is 0 Å². The van der Waals surface area contributed by atoms with Gasteiger partial charge in [0.05, 0.1) is 16.7 Å². The van der Waals surface area contributed by atoms with Crippen LogP contribution in [-0.4, -0.2) is 16.0 Å². The highest BCUT2D eigenvalue weighted by atomic mass is 14.8. The molecule has 2 N–H and O–H groups in total. The number of hydrogen-bond donors (Lipinski definition) is 1. The Morgan fingerprint density at radius 3 is 2.71 bits per heavy atom. The maximum absolute atomic E-state index is 5.70. The molecule has 0 spiro atoms. The van der Waals surface area contributed by atoms with Gasteiger partial charge >= 0.3 is 0 Å². The molecule has 14 heavy (non-hydrogen) atoms. The van der Waals surface area contributed by atoms with E-state index in [2.05, 4.69) is 9.97 Å². The summed E-state index contributed by atoms with van der Waals surface area (Å²) in [7, 11) is 0. The van der Waals surface area contributed by atoms with E-state index in [9.17, 15) is 0 Å². The van der Waals surface area contributed by atoms with Gasteiger partial charge in [-0.25, -0.2) is 4.98 Å². The number of para-hydroxylation sites is 2. The molecule has 1 unspecified atom stereocenters. The van der Waals surface area contributed by atoms with E-state index < -0.39 is 0 Å². The van der Waals surface area contributed by atoms with Gasteiger partial charge in [0.25, 0.3) is 0 Å². The molecule has 1 atom stereocenters. The van der Waals surface area contributed by atoms with Crippen molar-refractivity contribution in [2.24, 2.45) is 5.73 Å². The maximum Gasteiger partial charge on any atom is 0.0890 e. The lowest BCUT2D eigenvalue weighted by Crippen LogP contribution is -2.18. The van der Waals surface area contributed by atoms with Crippen LogP contribution in [0.15, 0.2) is 30.5 Å². The predicted octanol–water partition coefficient (Wildman–Crippen LogP) is 1.52. The van der Waals surface area contributed by atoms with Gasteiger partial charge in [-0.1, -0.05) is 12.1 Å². The fourth-order valence-electron chi connectivity index (χ4n) is 1.42. The fraction of sp³-hybridized carbons (Fsp3) is 0.273. The second-order valence-corrected chi connectivity index (χ2v) is 3.53. The molecule has 0 fully saturated rings. The third kappa shape index (κ3) is 1.88. The minimum atomic E-state index is 0.130. The minimum absolute atomic E-state index is 0.130. The van der Waals surface area contributed by atoms with Crippen LogP contribution < -0.4 is 5.73 Å². The molecule has 2 aromatic rings. The van der Waals surface area contributed by atoms with Crippen LogP contribution in [0.25, 0.3) is 11.0 Å². The van der Waals surface area contributed by atoms with Gasteiger partial charge in [0.1, 0.15) is 0 Å². The topological polar surface area (TPSA) is 51.8 Å². The first kappa shape index (κ1) is 9.09. The highest BCUT2D eigenvalue weighted by molar-refractivity contribution is 5.73. The summed E-state index contributed by atoms with van der Waals surface area (Å²) in [5.41, 5.74) is 8.53. The van der Waals surface area contributed by atoms with Gasteiger partial charge in [0.15, 0.2) is 0 Å². The quantitative estimate of drug-likeness (QED) is 0.775. The van der Waals surface area contributed by atoms with Gasteiger partial charge in [-0.15, -0.1) is 0 Å². The Labute approximate surface area is 83.0 Å². The van der Waals surface area contributed by atoms with E-state index in [1.54, 1.807) is 6.20 Å². The summed E-state index contributed by atoms with van der Waals surface area (Å²) in [4.78, 5) is 8.79. The summed E-state index contributed by atoms with van der Waals surface area (Å²) in [6.45, 7) is 1.97. The molecule has 0 aliphatic carbocycles. The predicted molar refractivity (Wildman–Crippen MR) is 56.9 cm³/mol. The lowest BCUT2D eigenvalue weighted by atomic mass is 10.2. The molecular weight excluding hydrogens is 174 g/mol. The number of aromatic nitrogens is 2. The largest absolute Gasteiger partial charge is 0.328 e. The summed E-state index contributed by atoms with van der Waals surface area (Å²) in [5, 5.41) is 0. The van der Waals surface area contributed by atoms with Crippen molar-refractivity contribution in [1.82, 2.24) is 9.97 Å². The van der Waals surface area contributed by atoms with E-state index >= 15 is 0 Å². The van der Waals surface area contributed by atoms with E-state index in [0.717, 1.165) is 23.1 Å². The molecule has 72 valence electrons. The molecule has 2 rings (SSSR count). The van der Waals surface area contributed by atoms with Crippen molar-refractivity contribution in [3.05, 3.63) is 36.2 Å². The molecule has 1 aromatic carbocycles. The highest BCUT2D eigenvalue weighted by Crippen LogP contribution is 2.08. The molecule has 0 aliphatic rings. The smallest absolute Gasteiger partial charge is 0.0890 e. The normalized spacial score (nSPS) is 13.0. The Balaban J connectivity index is 2.41. The summed E-state index contributed by atoms with van der Waals surface area (Å²) in [6, 6.07) is 7.98. The zero-order valence-electron chi connectivity index (χ0n) is 8.14. The first-order valence-electron chi connectivity index (χ1n) is 4.72. The van der Waals surface area contributed by atoms with Gasteiger partial charge in [-0.05, 0) is 19.1 Å². The van der Waals surface area contributed by atoms with Gasteiger partial charge in [0, 0.05) is 18.7 Å². The number of fused-ring (bicyclic) bond motifs is 1. The second kappa shape index (κ2) is 3.72. The molecule has 3 nitrogen and oxygen atoms in total. The standard InChI is InChI=1S/C11H13N3/c1-8(12)6-9-7-13-10-4-2-3-5-11(10)14-9/h2-5,7-8H,6,12H2,1H3. The molecule has 1 heterocycles. The van der Waals surface area contributed by atoms with E-state index in [4.69, 9.17) is 5.73 Å². The summed E-state index contributed by atoms with van der Waals surface area (Å²) in [5.74, 6) is 0. The molecule has 0 radical (unpaired) electrons. The van der Waals surface area contributed by atoms with Crippen molar-refractivity contribution in [3.8, 4) is 0 Å². The summed E-state index contributed by atoms with van der Waals surface area (Å²) >= 11 is 0. The molecule has 0 bridgehead atoms. The van der Waals surface area contributed by atoms with Crippen LogP contribution in [0.3, 0.4) is 0 Å². The second-order valence-electron chi connectivity index (χ2n) is 3.53. The monoisotopic (exact) mass is 187 g/mol. The van der Waals surface area contributed by atoms with Crippen LogP contribution in [0.5, 0.6) is 0 Å². The molecule has 0 aliphatic heterocycles. The van der Waals surface area contributed by atoms with Crippen molar-refractivity contribution in [2.45, 2.75) is 19.4 Å². The first-order chi connectivity index (χ1) is 6.75. The molecular formula is C11H13N3. The molecule has 0 amide bonds.